The highest BCUT2D eigenvalue weighted by Gasteiger charge is 2.20. The van der Waals surface area contributed by atoms with Gasteiger partial charge in [-0.3, -0.25) is 0 Å². The van der Waals surface area contributed by atoms with Crippen molar-refractivity contribution in [2.75, 3.05) is 0 Å². The Morgan fingerprint density at radius 1 is 0.692 bits per heavy atom. The van der Waals surface area contributed by atoms with Gasteiger partial charge in [-0.05, 0) is 25.7 Å². The molecular formula is C11H22OS. The van der Waals surface area contributed by atoms with Gasteiger partial charge >= 0.3 is 0 Å². The maximum Gasteiger partial charge on any atom is 0.107 e. The summed E-state index contributed by atoms with van der Waals surface area (Å²) in [6, 6.07) is 0. The van der Waals surface area contributed by atoms with Crippen molar-refractivity contribution in [1.29, 1.82) is 0 Å². The molecule has 0 atom stereocenters. The molecule has 0 radical (unpaired) electrons. The van der Waals surface area contributed by atoms with Crippen molar-refractivity contribution in [3.05, 3.63) is 0 Å². The van der Waals surface area contributed by atoms with E-state index >= 15 is 0 Å². The fourth-order valence-corrected chi connectivity index (χ4v) is 2.32. The zero-order chi connectivity index (χ0) is 9.57. The molecule has 0 aliphatic heterocycles. The van der Waals surface area contributed by atoms with Crippen LogP contribution in [-0.2, 0) is 0 Å². The summed E-state index contributed by atoms with van der Waals surface area (Å²) >= 11 is 4.31. The molecule has 13 heavy (non-hydrogen) atoms. The SMILES string of the molecule is OC1(S)CCCCCCCCCC1. The summed E-state index contributed by atoms with van der Waals surface area (Å²) in [5, 5.41) is 9.85. The molecule has 2 heteroatoms. The lowest BCUT2D eigenvalue weighted by molar-refractivity contribution is 0.114. The molecule has 0 bridgehead atoms. The first-order valence-corrected chi connectivity index (χ1v) is 6.10. The topological polar surface area (TPSA) is 20.2 Å². The smallest absolute Gasteiger partial charge is 0.107 e. The molecule has 0 spiro atoms. The van der Waals surface area contributed by atoms with E-state index in [1.165, 1.54) is 38.5 Å². The maximum absolute atomic E-state index is 9.85. The highest BCUT2D eigenvalue weighted by Crippen LogP contribution is 2.27. The summed E-state index contributed by atoms with van der Waals surface area (Å²) in [4.78, 5) is -0.676. The van der Waals surface area contributed by atoms with Gasteiger partial charge in [0.05, 0.1) is 0 Å². The van der Waals surface area contributed by atoms with Crippen molar-refractivity contribution in [2.45, 2.75) is 69.1 Å². The van der Waals surface area contributed by atoms with Crippen molar-refractivity contribution < 1.29 is 5.11 Å². The predicted molar refractivity (Wildman–Crippen MR) is 60.1 cm³/mol. The Labute approximate surface area is 87.3 Å². The third kappa shape index (κ3) is 5.58. The Balaban J connectivity index is 2.27. The maximum atomic E-state index is 9.85. The highest BCUT2D eigenvalue weighted by molar-refractivity contribution is 7.81. The largest absolute Gasteiger partial charge is 0.380 e. The molecule has 0 heterocycles. The molecule has 0 saturated heterocycles. The van der Waals surface area contributed by atoms with Crippen LogP contribution in [0.5, 0.6) is 0 Å². The molecule has 1 saturated carbocycles. The third-order valence-electron chi connectivity index (χ3n) is 2.90. The van der Waals surface area contributed by atoms with Crippen LogP contribution in [0.25, 0.3) is 0 Å². The van der Waals surface area contributed by atoms with Crippen LogP contribution in [0.3, 0.4) is 0 Å². The minimum absolute atomic E-state index is 0.676. The van der Waals surface area contributed by atoms with E-state index in [1.54, 1.807) is 0 Å². The van der Waals surface area contributed by atoms with Crippen LogP contribution in [0.15, 0.2) is 0 Å². The number of hydrogen-bond donors (Lipinski definition) is 2. The van der Waals surface area contributed by atoms with E-state index in [9.17, 15) is 5.11 Å². The standard InChI is InChI=1S/C11H22OS/c12-11(13)9-7-5-3-1-2-4-6-8-10-11/h12-13H,1-10H2. The van der Waals surface area contributed by atoms with Crippen LogP contribution in [0.2, 0.25) is 0 Å². The number of thiol groups is 1. The minimum Gasteiger partial charge on any atom is -0.380 e. The normalized spacial score (nSPS) is 26.3. The molecule has 1 rings (SSSR count). The average molecular weight is 202 g/mol. The molecule has 0 aromatic carbocycles. The molecule has 1 aliphatic rings. The molecule has 78 valence electrons. The van der Waals surface area contributed by atoms with Crippen molar-refractivity contribution in [2.24, 2.45) is 0 Å². The summed E-state index contributed by atoms with van der Waals surface area (Å²) in [7, 11) is 0. The summed E-state index contributed by atoms with van der Waals surface area (Å²) < 4.78 is 0. The minimum atomic E-state index is -0.676. The number of hydrogen-bond acceptors (Lipinski definition) is 2. The zero-order valence-corrected chi connectivity index (χ0v) is 9.36. The van der Waals surface area contributed by atoms with Crippen molar-refractivity contribution in [3.63, 3.8) is 0 Å². The predicted octanol–water partition coefficient (Wildman–Crippen LogP) is 3.52. The first-order valence-electron chi connectivity index (χ1n) is 5.65. The molecule has 0 aromatic rings. The van der Waals surface area contributed by atoms with Crippen LogP contribution >= 0.6 is 12.6 Å². The van der Waals surface area contributed by atoms with Gasteiger partial charge in [-0.25, -0.2) is 0 Å². The molecule has 0 unspecified atom stereocenters. The van der Waals surface area contributed by atoms with Gasteiger partial charge in [-0.15, -0.1) is 12.6 Å². The van der Waals surface area contributed by atoms with E-state index in [0.717, 1.165) is 25.7 Å². The van der Waals surface area contributed by atoms with Crippen molar-refractivity contribution in [3.8, 4) is 0 Å². The number of aliphatic hydroxyl groups is 1. The average Bonchev–Trinajstić information content (AvgIpc) is 2.10. The second kappa shape index (κ2) is 5.92. The van der Waals surface area contributed by atoms with Gasteiger partial charge in [0.1, 0.15) is 4.93 Å². The van der Waals surface area contributed by atoms with Gasteiger partial charge in [0, 0.05) is 0 Å². The fraction of sp³-hybridized carbons (Fsp3) is 1.00. The van der Waals surface area contributed by atoms with Gasteiger partial charge in [-0.1, -0.05) is 38.5 Å². The van der Waals surface area contributed by atoms with Crippen LogP contribution in [0, 0.1) is 0 Å². The van der Waals surface area contributed by atoms with Gasteiger partial charge < -0.3 is 5.11 Å². The summed E-state index contributed by atoms with van der Waals surface area (Å²) in [6.45, 7) is 0. The van der Waals surface area contributed by atoms with Crippen LogP contribution < -0.4 is 0 Å². The van der Waals surface area contributed by atoms with Crippen molar-refractivity contribution in [1.82, 2.24) is 0 Å². The lowest BCUT2D eigenvalue weighted by Gasteiger charge is -2.21. The van der Waals surface area contributed by atoms with Crippen LogP contribution in [0.1, 0.15) is 64.2 Å². The highest BCUT2D eigenvalue weighted by atomic mass is 32.1. The van der Waals surface area contributed by atoms with E-state index < -0.39 is 4.93 Å². The fourth-order valence-electron chi connectivity index (χ4n) is 2.00. The Hall–Kier alpha value is 0.310. The summed E-state index contributed by atoms with van der Waals surface area (Å²) in [6.07, 6.45) is 12.0. The van der Waals surface area contributed by atoms with Crippen LogP contribution in [-0.4, -0.2) is 10.0 Å². The van der Waals surface area contributed by atoms with E-state index in [4.69, 9.17) is 0 Å². The van der Waals surface area contributed by atoms with E-state index in [-0.39, 0.29) is 0 Å². The number of rotatable bonds is 0. The molecule has 1 aliphatic carbocycles. The Morgan fingerprint density at radius 2 is 1.00 bits per heavy atom. The van der Waals surface area contributed by atoms with E-state index in [1.807, 2.05) is 0 Å². The van der Waals surface area contributed by atoms with E-state index in [2.05, 4.69) is 12.6 Å². The van der Waals surface area contributed by atoms with Gasteiger partial charge in [0.25, 0.3) is 0 Å². The molecule has 1 nitrogen and oxygen atoms in total. The molecule has 1 fully saturated rings. The summed E-state index contributed by atoms with van der Waals surface area (Å²) in [5.74, 6) is 0. The van der Waals surface area contributed by atoms with Gasteiger partial charge in [0.15, 0.2) is 0 Å². The quantitative estimate of drug-likeness (QED) is 0.455. The van der Waals surface area contributed by atoms with Gasteiger partial charge in [0.2, 0.25) is 0 Å². The van der Waals surface area contributed by atoms with Crippen LogP contribution in [0.4, 0.5) is 0 Å². The van der Waals surface area contributed by atoms with Gasteiger partial charge in [-0.2, -0.15) is 0 Å². The molecule has 0 aromatic heterocycles. The first kappa shape index (κ1) is 11.4. The Morgan fingerprint density at radius 3 is 1.38 bits per heavy atom. The molecular weight excluding hydrogens is 180 g/mol. The lowest BCUT2D eigenvalue weighted by atomic mass is 10.0. The lowest BCUT2D eigenvalue weighted by Crippen LogP contribution is -2.20. The zero-order valence-electron chi connectivity index (χ0n) is 8.47. The second-order valence-electron chi connectivity index (χ2n) is 4.31. The van der Waals surface area contributed by atoms with E-state index in [0.29, 0.717) is 0 Å². The molecule has 1 N–H and O–H groups in total. The summed E-state index contributed by atoms with van der Waals surface area (Å²) in [5.41, 5.74) is 0. The third-order valence-corrected chi connectivity index (χ3v) is 3.35. The Bertz CT molecular complexity index is 120. The second-order valence-corrected chi connectivity index (χ2v) is 5.14. The Kier molecular flexibility index (Phi) is 5.18. The first-order chi connectivity index (χ1) is 6.21. The monoisotopic (exact) mass is 202 g/mol. The molecule has 0 amide bonds. The van der Waals surface area contributed by atoms with Crippen molar-refractivity contribution >= 4 is 12.6 Å².